The molecule has 15 nitrogen and oxygen atoms in total. The van der Waals surface area contributed by atoms with Crippen LogP contribution >= 0.6 is 63.7 Å². The van der Waals surface area contributed by atoms with E-state index in [1.807, 2.05) is 21.8 Å². The van der Waals surface area contributed by atoms with Crippen molar-refractivity contribution in [3.8, 4) is 0 Å². The second kappa shape index (κ2) is 13.1. The van der Waals surface area contributed by atoms with E-state index in [0.717, 1.165) is 21.8 Å². The van der Waals surface area contributed by atoms with Crippen molar-refractivity contribution in [2.75, 3.05) is 0 Å². The summed E-state index contributed by atoms with van der Waals surface area (Å²) in [6.45, 7) is 1.74. The monoisotopic (exact) mass is 857 g/mol. The number of carbonyl (C=O) groups excluding carboxylic acids is 2. The van der Waals surface area contributed by atoms with E-state index in [9.17, 15) is 9.59 Å². The van der Waals surface area contributed by atoms with Gasteiger partial charge in [0.15, 0.2) is 5.96 Å². The lowest BCUT2D eigenvalue weighted by molar-refractivity contribution is 0.0938. The molecule has 0 radical (unpaired) electrons. The first-order valence-corrected chi connectivity index (χ1v) is 16.8. The van der Waals surface area contributed by atoms with Gasteiger partial charge in [0.1, 0.15) is 22.8 Å². The minimum atomic E-state index is -0.245. The minimum absolute atomic E-state index is 0.0903. The van der Waals surface area contributed by atoms with Crippen LogP contribution in [0.15, 0.2) is 47.7 Å². The number of nitrogens with zero attached hydrogens (tertiary/aromatic N) is 7. The Morgan fingerprint density at radius 1 is 0.841 bits per heavy atom. The van der Waals surface area contributed by atoms with E-state index in [1.165, 1.54) is 0 Å². The largest absolute Gasteiger partial charge is 0.370 e. The molecule has 4 aromatic rings. The minimum Gasteiger partial charge on any atom is -0.370 e. The fourth-order valence-corrected chi connectivity index (χ4v) is 6.89. The normalized spacial score (nSPS) is 21.0. The Labute approximate surface area is 284 Å². The van der Waals surface area contributed by atoms with E-state index < -0.39 is 0 Å². The zero-order valence-corrected chi connectivity index (χ0v) is 29.2. The Kier molecular flexibility index (Phi) is 9.25. The fraction of sp³-hybridized carbons (Fsp3) is 0.400. The summed E-state index contributed by atoms with van der Waals surface area (Å²) in [6, 6.07) is 3.66. The average Bonchev–Trinajstić information content (AvgIpc) is 3.81. The molecule has 4 aromatic heterocycles. The quantitative estimate of drug-likeness (QED) is 0.140. The lowest BCUT2D eigenvalue weighted by Gasteiger charge is -2.37. The van der Waals surface area contributed by atoms with Crippen molar-refractivity contribution in [3.63, 3.8) is 0 Å². The van der Waals surface area contributed by atoms with Gasteiger partial charge in [0.05, 0.1) is 55.7 Å². The summed E-state index contributed by atoms with van der Waals surface area (Å²) < 4.78 is 6.57. The van der Waals surface area contributed by atoms with Gasteiger partial charge in [-0.2, -0.15) is 0 Å². The summed E-state index contributed by atoms with van der Waals surface area (Å²) in [6.07, 6.45) is 5.38. The van der Waals surface area contributed by atoms with Gasteiger partial charge in [0.25, 0.3) is 11.8 Å². The molecule has 0 bridgehead atoms. The average molecular weight is 861 g/mol. The number of nitrogens with two attached hydrogens (primary N) is 1. The van der Waals surface area contributed by atoms with Gasteiger partial charge in [-0.05, 0) is 101 Å². The molecule has 0 spiro atoms. The molecule has 0 aromatic carbocycles. The molecule has 44 heavy (non-hydrogen) atoms. The fourth-order valence-electron chi connectivity index (χ4n) is 5.58. The summed E-state index contributed by atoms with van der Waals surface area (Å²) in [5, 5.41) is 26.2. The van der Waals surface area contributed by atoms with Gasteiger partial charge in [-0.1, -0.05) is 10.4 Å². The van der Waals surface area contributed by atoms with Crippen molar-refractivity contribution in [2.24, 2.45) is 22.6 Å². The molecule has 1 aliphatic heterocycles. The second-order valence-corrected chi connectivity index (χ2v) is 14.0. The standard InChI is InChI=1S/C25H27Br4N13O2/c26-15-3-19(33-21(15)28)23(43)31-5-13-9-41(39-37-13)7-11-1-17-18(36-25(30)35-17)2-12(11)8-42-10-14(38-40-42)6-32-24(44)20-4-16(27)22(29)34-20/h3-4,9-12,17-18,33-34H,1-2,5-8H2,(H,31,43)(H,32,44)(H3,30,35,36)/t11-,12-,17?,18?/m0/s1. The SMILES string of the molecule is NC1=NC2C[C@@H](Cn3cc(CNC(=O)c4cc(Br)c(Br)[nH]4)nn3)[C@H](Cn3cc(CNC(=O)c4cc(Br)c(Br)[nH]4)nn3)CC2N1. The molecule has 2 amide bonds. The van der Waals surface area contributed by atoms with E-state index in [0.29, 0.717) is 51.0 Å². The number of fused-ring (bicyclic) bond motifs is 1. The van der Waals surface area contributed by atoms with Gasteiger partial charge >= 0.3 is 0 Å². The third kappa shape index (κ3) is 7.10. The highest BCUT2D eigenvalue weighted by Crippen LogP contribution is 2.36. The Hall–Kier alpha value is -3.03. The Morgan fingerprint density at radius 3 is 1.82 bits per heavy atom. The molecular weight excluding hydrogens is 834 g/mol. The smallest absolute Gasteiger partial charge is 0.268 e. The molecule has 2 unspecified atom stereocenters. The van der Waals surface area contributed by atoms with E-state index in [1.54, 1.807) is 12.1 Å². The number of halogens is 4. The highest BCUT2D eigenvalue weighted by Gasteiger charge is 2.40. The molecule has 5 heterocycles. The lowest BCUT2D eigenvalue weighted by atomic mass is 9.74. The highest BCUT2D eigenvalue weighted by atomic mass is 79.9. The second-order valence-electron chi connectivity index (χ2n) is 10.7. The number of hydrogen-bond acceptors (Lipinski definition) is 9. The third-order valence-corrected chi connectivity index (χ3v) is 11.3. The van der Waals surface area contributed by atoms with Crippen molar-refractivity contribution in [3.05, 3.63) is 65.5 Å². The summed E-state index contributed by atoms with van der Waals surface area (Å²) in [4.78, 5) is 35.5. The van der Waals surface area contributed by atoms with Crippen molar-refractivity contribution < 1.29 is 9.59 Å². The molecular formula is C25H27Br4N13O2. The van der Waals surface area contributed by atoms with Gasteiger partial charge in [-0.25, -0.2) is 4.99 Å². The predicted molar refractivity (Wildman–Crippen MR) is 173 cm³/mol. The number of carbonyl (C=O) groups is 2. The Bertz CT molecular complexity index is 1670. The molecule has 7 N–H and O–H groups in total. The van der Waals surface area contributed by atoms with Crippen molar-refractivity contribution in [1.29, 1.82) is 0 Å². The van der Waals surface area contributed by atoms with E-state index in [4.69, 9.17) is 5.73 Å². The summed E-state index contributed by atoms with van der Waals surface area (Å²) >= 11 is 13.4. The molecule has 1 fully saturated rings. The van der Waals surface area contributed by atoms with Crippen LogP contribution < -0.4 is 21.7 Å². The van der Waals surface area contributed by atoms with Crippen molar-refractivity contribution >= 4 is 81.5 Å². The van der Waals surface area contributed by atoms with E-state index >= 15 is 0 Å². The van der Waals surface area contributed by atoms with Crippen LogP contribution in [-0.4, -0.2) is 69.8 Å². The third-order valence-electron chi connectivity index (χ3n) is 7.69. The molecule has 0 saturated heterocycles. The molecule has 2 aliphatic rings. The van der Waals surface area contributed by atoms with Crippen molar-refractivity contribution in [2.45, 2.75) is 51.1 Å². The molecule has 4 atom stereocenters. The van der Waals surface area contributed by atoms with Gasteiger partial charge in [-0.3, -0.25) is 19.0 Å². The van der Waals surface area contributed by atoms with Gasteiger partial charge < -0.3 is 31.7 Å². The van der Waals surface area contributed by atoms with Crippen molar-refractivity contribution in [1.82, 2.24) is 55.9 Å². The van der Waals surface area contributed by atoms with E-state index in [-0.39, 0.29) is 48.8 Å². The number of aromatic nitrogens is 8. The number of hydrogen-bond donors (Lipinski definition) is 6. The summed E-state index contributed by atoms with van der Waals surface area (Å²) in [7, 11) is 0. The van der Waals surface area contributed by atoms with Gasteiger partial charge in [0, 0.05) is 13.1 Å². The zero-order valence-electron chi connectivity index (χ0n) is 22.9. The van der Waals surface area contributed by atoms with Crippen LogP contribution in [0.25, 0.3) is 0 Å². The number of nitrogens with one attached hydrogen (secondary N) is 5. The maximum absolute atomic E-state index is 12.5. The van der Waals surface area contributed by atoms with Crippen LogP contribution in [0.3, 0.4) is 0 Å². The molecule has 1 saturated carbocycles. The van der Waals surface area contributed by atoms with Crippen LogP contribution in [0.2, 0.25) is 0 Å². The molecule has 232 valence electrons. The number of aliphatic imine (C=N–C) groups is 1. The van der Waals surface area contributed by atoms with Crippen LogP contribution in [-0.2, 0) is 26.2 Å². The molecule has 19 heteroatoms. The lowest BCUT2D eigenvalue weighted by Crippen LogP contribution is -2.46. The zero-order chi connectivity index (χ0) is 31.0. The Balaban J connectivity index is 1.07. The number of rotatable bonds is 10. The van der Waals surface area contributed by atoms with Gasteiger partial charge in [-0.15, -0.1) is 10.2 Å². The first-order chi connectivity index (χ1) is 21.1. The number of H-pyrrole nitrogens is 2. The predicted octanol–water partition coefficient (Wildman–Crippen LogP) is 2.82. The van der Waals surface area contributed by atoms with Crippen LogP contribution in [0, 0.1) is 11.8 Å². The van der Waals surface area contributed by atoms with Gasteiger partial charge in [0.2, 0.25) is 0 Å². The number of aromatic amines is 2. The highest BCUT2D eigenvalue weighted by molar-refractivity contribution is 9.13. The van der Waals surface area contributed by atoms with Crippen LogP contribution in [0.1, 0.15) is 45.2 Å². The first kappa shape index (κ1) is 31.0. The summed E-state index contributed by atoms with van der Waals surface area (Å²) in [5.74, 6) is 0.415. The first-order valence-electron chi connectivity index (χ1n) is 13.6. The number of guanidine groups is 1. The maximum atomic E-state index is 12.5. The molecule has 1 aliphatic carbocycles. The topological polar surface area (TPSA) is 202 Å². The van der Waals surface area contributed by atoms with Crippen LogP contribution in [0.5, 0.6) is 0 Å². The number of amides is 2. The molecule has 6 rings (SSSR count). The van der Waals surface area contributed by atoms with E-state index in [2.05, 4.69) is 115 Å². The Morgan fingerprint density at radius 2 is 1.34 bits per heavy atom. The summed E-state index contributed by atoms with van der Waals surface area (Å²) in [5.41, 5.74) is 8.19. The maximum Gasteiger partial charge on any atom is 0.268 e. The van der Waals surface area contributed by atoms with Crippen LogP contribution in [0.4, 0.5) is 0 Å².